The summed E-state index contributed by atoms with van der Waals surface area (Å²) < 4.78 is 43.6. The Labute approximate surface area is 144 Å². The van der Waals surface area contributed by atoms with Crippen molar-refractivity contribution in [3.05, 3.63) is 29.8 Å². The molecule has 4 aliphatic carbocycles. The number of ether oxygens (including phenoxy) is 1. The minimum atomic E-state index is -4.43. The van der Waals surface area contributed by atoms with Gasteiger partial charge in [0.1, 0.15) is 0 Å². The van der Waals surface area contributed by atoms with Crippen molar-refractivity contribution in [3.63, 3.8) is 0 Å². The third-order valence-electron chi connectivity index (χ3n) is 6.11. The monoisotopic (exact) mass is 353 g/mol. The van der Waals surface area contributed by atoms with Crippen LogP contribution in [0.3, 0.4) is 0 Å². The van der Waals surface area contributed by atoms with Crippen molar-refractivity contribution < 1.29 is 22.7 Å². The molecule has 25 heavy (non-hydrogen) atoms. The summed E-state index contributed by atoms with van der Waals surface area (Å²) in [5.74, 6) is 2.30. The highest BCUT2D eigenvalue weighted by Crippen LogP contribution is 2.60. The SMILES string of the molecule is O=C(Nc1cccc(C(F)(F)F)c1)OCC12CC3CC(CC(C3)C1)C2. The molecule has 3 nitrogen and oxygen atoms in total. The molecule has 5 rings (SSSR count). The number of benzene rings is 1. The first-order valence-electron chi connectivity index (χ1n) is 8.92. The molecule has 0 aliphatic heterocycles. The van der Waals surface area contributed by atoms with Crippen molar-refractivity contribution in [2.75, 3.05) is 11.9 Å². The average Bonchev–Trinajstić information content (AvgIpc) is 2.51. The second kappa shape index (κ2) is 5.92. The summed E-state index contributed by atoms with van der Waals surface area (Å²) in [5.41, 5.74) is -0.586. The van der Waals surface area contributed by atoms with Crippen LogP contribution in [0.2, 0.25) is 0 Å². The lowest BCUT2D eigenvalue weighted by atomic mass is 9.50. The number of hydrogen-bond acceptors (Lipinski definition) is 2. The number of alkyl halides is 3. The van der Waals surface area contributed by atoms with Gasteiger partial charge >= 0.3 is 12.3 Å². The molecule has 4 bridgehead atoms. The molecule has 1 aromatic rings. The Bertz CT molecular complexity index is 636. The van der Waals surface area contributed by atoms with Gasteiger partial charge < -0.3 is 4.74 Å². The first kappa shape index (κ1) is 16.7. The molecule has 0 aromatic heterocycles. The van der Waals surface area contributed by atoms with E-state index in [-0.39, 0.29) is 11.1 Å². The topological polar surface area (TPSA) is 38.3 Å². The predicted octanol–water partition coefficient (Wildman–Crippen LogP) is 5.47. The van der Waals surface area contributed by atoms with Gasteiger partial charge in [-0.15, -0.1) is 0 Å². The Kier molecular flexibility index (Phi) is 3.96. The Balaban J connectivity index is 1.36. The van der Waals surface area contributed by atoms with Gasteiger partial charge in [0.05, 0.1) is 12.2 Å². The number of anilines is 1. The van der Waals surface area contributed by atoms with Crippen molar-refractivity contribution in [1.29, 1.82) is 0 Å². The number of halogens is 3. The van der Waals surface area contributed by atoms with E-state index in [9.17, 15) is 18.0 Å². The second-order valence-corrected chi connectivity index (χ2v) is 8.20. The maximum atomic E-state index is 12.7. The summed E-state index contributed by atoms with van der Waals surface area (Å²) in [4.78, 5) is 12.1. The molecular formula is C19H22F3NO2. The van der Waals surface area contributed by atoms with E-state index >= 15 is 0 Å². The Morgan fingerprint density at radius 3 is 2.28 bits per heavy atom. The third kappa shape index (κ3) is 3.48. The fourth-order valence-corrected chi connectivity index (χ4v) is 5.61. The third-order valence-corrected chi connectivity index (χ3v) is 6.11. The zero-order valence-corrected chi connectivity index (χ0v) is 13.9. The van der Waals surface area contributed by atoms with Crippen LogP contribution in [0.25, 0.3) is 0 Å². The zero-order valence-electron chi connectivity index (χ0n) is 13.9. The maximum absolute atomic E-state index is 12.7. The zero-order chi connectivity index (χ0) is 17.7. The Morgan fingerprint density at radius 2 is 1.72 bits per heavy atom. The lowest BCUT2D eigenvalue weighted by Gasteiger charge is -2.56. The molecule has 4 saturated carbocycles. The lowest BCUT2D eigenvalue weighted by molar-refractivity contribution is -0.137. The fourth-order valence-electron chi connectivity index (χ4n) is 5.61. The van der Waals surface area contributed by atoms with Gasteiger partial charge in [0, 0.05) is 11.1 Å². The van der Waals surface area contributed by atoms with Crippen LogP contribution in [0, 0.1) is 23.2 Å². The van der Waals surface area contributed by atoms with Crippen LogP contribution in [0.1, 0.15) is 44.1 Å². The Hall–Kier alpha value is -1.72. The molecule has 0 atom stereocenters. The van der Waals surface area contributed by atoms with Crippen molar-refractivity contribution in [2.24, 2.45) is 23.2 Å². The number of rotatable bonds is 3. The van der Waals surface area contributed by atoms with E-state index in [2.05, 4.69) is 5.32 Å². The van der Waals surface area contributed by atoms with E-state index in [0.717, 1.165) is 49.1 Å². The highest BCUT2D eigenvalue weighted by molar-refractivity contribution is 5.84. The highest BCUT2D eigenvalue weighted by Gasteiger charge is 2.51. The molecule has 0 spiro atoms. The van der Waals surface area contributed by atoms with Gasteiger partial charge in [-0.2, -0.15) is 13.2 Å². The molecule has 0 saturated heterocycles. The van der Waals surface area contributed by atoms with Crippen molar-refractivity contribution >= 4 is 11.8 Å². The average molecular weight is 353 g/mol. The summed E-state index contributed by atoms with van der Waals surface area (Å²) in [6.45, 7) is 0.376. The van der Waals surface area contributed by atoms with Gasteiger partial charge in [0.15, 0.2) is 0 Å². The maximum Gasteiger partial charge on any atom is 0.416 e. The van der Waals surface area contributed by atoms with Crippen molar-refractivity contribution in [1.82, 2.24) is 0 Å². The van der Waals surface area contributed by atoms with E-state index in [4.69, 9.17) is 4.74 Å². The molecule has 6 heteroatoms. The number of nitrogens with one attached hydrogen (secondary N) is 1. The number of amides is 1. The van der Waals surface area contributed by atoms with Gasteiger partial charge in [0.2, 0.25) is 0 Å². The van der Waals surface area contributed by atoms with Crippen LogP contribution < -0.4 is 5.32 Å². The van der Waals surface area contributed by atoms with Crippen LogP contribution in [-0.2, 0) is 10.9 Å². The summed E-state index contributed by atoms with van der Waals surface area (Å²) in [7, 11) is 0. The summed E-state index contributed by atoms with van der Waals surface area (Å²) >= 11 is 0. The number of hydrogen-bond donors (Lipinski definition) is 1. The first-order chi connectivity index (χ1) is 11.8. The molecular weight excluding hydrogens is 331 g/mol. The van der Waals surface area contributed by atoms with Crippen LogP contribution in [0.15, 0.2) is 24.3 Å². The van der Waals surface area contributed by atoms with Crippen molar-refractivity contribution in [2.45, 2.75) is 44.7 Å². The van der Waals surface area contributed by atoms with E-state index in [0.29, 0.717) is 6.61 Å². The summed E-state index contributed by atoms with van der Waals surface area (Å²) in [6, 6.07) is 4.61. The van der Waals surface area contributed by atoms with Gasteiger partial charge in [0.25, 0.3) is 0 Å². The van der Waals surface area contributed by atoms with Crippen LogP contribution in [-0.4, -0.2) is 12.7 Å². The second-order valence-electron chi connectivity index (χ2n) is 8.20. The van der Waals surface area contributed by atoms with Crippen LogP contribution in [0.4, 0.5) is 23.7 Å². The molecule has 0 heterocycles. The fraction of sp³-hybridized carbons (Fsp3) is 0.632. The normalized spacial score (nSPS) is 33.3. The minimum Gasteiger partial charge on any atom is -0.449 e. The predicted molar refractivity (Wildman–Crippen MR) is 87.0 cm³/mol. The molecule has 1 aromatic carbocycles. The van der Waals surface area contributed by atoms with E-state index in [1.54, 1.807) is 0 Å². The van der Waals surface area contributed by atoms with Gasteiger partial charge in [-0.1, -0.05) is 6.07 Å². The number of carbonyl (C=O) groups excluding carboxylic acids is 1. The van der Waals surface area contributed by atoms with E-state index in [1.807, 2.05) is 0 Å². The van der Waals surface area contributed by atoms with Crippen LogP contribution >= 0.6 is 0 Å². The van der Waals surface area contributed by atoms with E-state index in [1.165, 1.54) is 31.4 Å². The molecule has 136 valence electrons. The smallest absolute Gasteiger partial charge is 0.416 e. The molecule has 0 radical (unpaired) electrons. The molecule has 0 unspecified atom stereocenters. The largest absolute Gasteiger partial charge is 0.449 e. The highest BCUT2D eigenvalue weighted by atomic mass is 19.4. The van der Waals surface area contributed by atoms with E-state index < -0.39 is 17.8 Å². The van der Waals surface area contributed by atoms with Gasteiger partial charge in [-0.3, -0.25) is 5.32 Å². The van der Waals surface area contributed by atoms with Crippen molar-refractivity contribution in [3.8, 4) is 0 Å². The van der Waals surface area contributed by atoms with Crippen LogP contribution in [0.5, 0.6) is 0 Å². The number of carbonyl (C=O) groups is 1. The molecule has 4 fully saturated rings. The minimum absolute atomic E-state index is 0.0971. The molecule has 1 N–H and O–H groups in total. The Morgan fingerprint density at radius 1 is 1.12 bits per heavy atom. The quantitative estimate of drug-likeness (QED) is 0.782. The first-order valence-corrected chi connectivity index (χ1v) is 8.92. The standard InChI is InChI=1S/C19H22F3NO2/c20-19(21,22)15-2-1-3-16(7-15)23-17(24)25-11-18-8-12-4-13(9-18)6-14(5-12)10-18/h1-3,7,12-14H,4-6,8-11H2,(H,23,24). The lowest BCUT2D eigenvalue weighted by Crippen LogP contribution is -2.48. The summed E-state index contributed by atoms with van der Waals surface area (Å²) in [6.07, 6.45) is 2.21. The van der Waals surface area contributed by atoms with Gasteiger partial charge in [-0.05, 0) is 74.5 Å². The molecule has 1 amide bonds. The van der Waals surface area contributed by atoms with Gasteiger partial charge in [-0.25, -0.2) is 4.79 Å². The summed E-state index contributed by atoms with van der Waals surface area (Å²) in [5, 5.41) is 2.43. The molecule has 4 aliphatic rings.